The molecule has 2 aromatic carbocycles. The van der Waals surface area contributed by atoms with E-state index in [1.807, 2.05) is 20.8 Å². The molecule has 2 aromatic rings. The highest BCUT2D eigenvalue weighted by molar-refractivity contribution is 6.01. The smallest absolute Gasteiger partial charge is 0.390 e. The summed E-state index contributed by atoms with van der Waals surface area (Å²) in [6, 6.07) is 10.4. The summed E-state index contributed by atoms with van der Waals surface area (Å²) in [6.07, 6.45) is -4.65. The summed E-state index contributed by atoms with van der Waals surface area (Å²) in [5, 5.41) is 6.84. The number of carbonyl (C=O) groups is 1. The minimum absolute atomic E-state index is 0.0407. The van der Waals surface area contributed by atoms with Gasteiger partial charge in [0.2, 0.25) is 0 Å². The van der Waals surface area contributed by atoms with Gasteiger partial charge in [0.1, 0.15) is 5.82 Å². The van der Waals surface area contributed by atoms with E-state index in [9.17, 15) is 22.4 Å². The molecule has 1 N–H and O–H groups in total. The van der Waals surface area contributed by atoms with E-state index in [4.69, 9.17) is 4.84 Å². The van der Waals surface area contributed by atoms with Crippen molar-refractivity contribution in [1.29, 1.82) is 0 Å². The van der Waals surface area contributed by atoms with Crippen molar-refractivity contribution in [2.75, 3.05) is 6.54 Å². The molecule has 5 nitrogen and oxygen atoms in total. The van der Waals surface area contributed by atoms with Crippen LogP contribution in [0.1, 0.15) is 43.9 Å². The molecular formula is C23H25F4N3O2. The summed E-state index contributed by atoms with van der Waals surface area (Å²) in [5.41, 5.74) is 0.150. The molecule has 32 heavy (non-hydrogen) atoms. The Balaban J connectivity index is 1.75. The summed E-state index contributed by atoms with van der Waals surface area (Å²) < 4.78 is 52.8. The van der Waals surface area contributed by atoms with Crippen molar-refractivity contribution in [1.82, 2.24) is 10.2 Å². The average Bonchev–Trinajstić information content (AvgIpc) is 3.14. The van der Waals surface area contributed by atoms with E-state index in [1.54, 1.807) is 12.1 Å². The van der Waals surface area contributed by atoms with Gasteiger partial charge in [0, 0.05) is 24.1 Å². The van der Waals surface area contributed by atoms with Crippen molar-refractivity contribution < 1.29 is 27.2 Å². The third kappa shape index (κ3) is 6.45. The molecule has 0 radical (unpaired) electrons. The lowest BCUT2D eigenvalue weighted by Gasteiger charge is -2.30. The van der Waals surface area contributed by atoms with Crippen LogP contribution in [-0.2, 0) is 17.6 Å². The van der Waals surface area contributed by atoms with E-state index in [1.165, 1.54) is 29.2 Å². The lowest BCUT2D eigenvalue weighted by molar-refractivity contribution is -0.137. The number of carbonyl (C=O) groups excluding carboxylic acids is 1. The largest absolute Gasteiger partial charge is 0.416 e. The summed E-state index contributed by atoms with van der Waals surface area (Å²) in [7, 11) is 0. The Kier molecular flexibility index (Phi) is 6.76. The molecule has 0 bridgehead atoms. The first-order valence-electron chi connectivity index (χ1n) is 10.1. The number of benzene rings is 2. The number of alkyl halides is 3. The number of hydrogen-bond donors (Lipinski definition) is 1. The molecule has 1 aliphatic rings. The van der Waals surface area contributed by atoms with Gasteiger partial charge in [0.25, 0.3) is 0 Å². The predicted molar refractivity (Wildman–Crippen MR) is 113 cm³/mol. The Morgan fingerprint density at radius 3 is 2.53 bits per heavy atom. The third-order valence-corrected chi connectivity index (χ3v) is 4.71. The highest BCUT2D eigenvalue weighted by Crippen LogP contribution is 2.30. The zero-order chi connectivity index (χ0) is 23.5. The Morgan fingerprint density at radius 1 is 1.16 bits per heavy atom. The first kappa shape index (κ1) is 23.6. The van der Waals surface area contributed by atoms with Gasteiger partial charge in [-0.25, -0.2) is 9.18 Å². The standard InChI is InChI=1S/C23H25F4N3O2/c1-22(2,3)28-21(31)30(13-15-6-4-8-17(10-15)23(25,26)27)14-19-12-20(29-32-19)16-7-5-9-18(24)11-16/h4-11,19H,12-14H2,1-3H3,(H,28,31). The molecule has 0 spiro atoms. The fourth-order valence-electron chi connectivity index (χ4n) is 3.30. The van der Waals surface area contributed by atoms with E-state index >= 15 is 0 Å². The predicted octanol–water partition coefficient (Wildman–Crippen LogP) is 5.35. The molecule has 0 saturated heterocycles. The van der Waals surface area contributed by atoms with Crippen molar-refractivity contribution >= 4 is 11.7 Å². The monoisotopic (exact) mass is 451 g/mol. The number of hydrogen-bond acceptors (Lipinski definition) is 3. The van der Waals surface area contributed by atoms with Crippen LogP contribution < -0.4 is 5.32 Å². The topological polar surface area (TPSA) is 53.9 Å². The lowest BCUT2D eigenvalue weighted by atomic mass is 10.0. The first-order chi connectivity index (χ1) is 14.9. The Labute approximate surface area is 184 Å². The number of nitrogens with zero attached hydrogens (tertiary/aromatic N) is 2. The van der Waals surface area contributed by atoms with Crippen LogP contribution in [0.3, 0.4) is 0 Å². The normalized spacial score (nSPS) is 16.3. The lowest BCUT2D eigenvalue weighted by Crippen LogP contribution is -2.50. The molecule has 0 aliphatic carbocycles. The van der Waals surface area contributed by atoms with Crippen LogP contribution in [-0.4, -0.2) is 34.8 Å². The van der Waals surface area contributed by atoms with Crippen LogP contribution in [0.5, 0.6) is 0 Å². The van der Waals surface area contributed by atoms with Crippen LogP contribution in [0.25, 0.3) is 0 Å². The quantitative estimate of drug-likeness (QED) is 0.624. The van der Waals surface area contributed by atoms with Crippen LogP contribution in [0.15, 0.2) is 53.7 Å². The second-order valence-corrected chi connectivity index (χ2v) is 8.74. The Bertz CT molecular complexity index is 999. The van der Waals surface area contributed by atoms with Crippen LogP contribution >= 0.6 is 0 Å². The van der Waals surface area contributed by atoms with Gasteiger partial charge in [-0.05, 0) is 50.6 Å². The highest BCUT2D eigenvalue weighted by atomic mass is 19.4. The Hall–Kier alpha value is -3.10. The fraction of sp³-hybridized carbons (Fsp3) is 0.391. The van der Waals surface area contributed by atoms with E-state index in [-0.39, 0.29) is 13.1 Å². The second-order valence-electron chi connectivity index (χ2n) is 8.74. The summed E-state index contributed by atoms with van der Waals surface area (Å²) >= 11 is 0. The van der Waals surface area contributed by atoms with Gasteiger partial charge in [0.15, 0.2) is 6.10 Å². The molecule has 1 heterocycles. The van der Waals surface area contributed by atoms with Crippen molar-refractivity contribution in [3.63, 3.8) is 0 Å². The molecule has 9 heteroatoms. The number of halogens is 4. The van der Waals surface area contributed by atoms with Crippen molar-refractivity contribution in [2.45, 2.75) is 51.6 Å². The van der Waals surface area contributed by atoms with E-state index < -0.39 is 35.2 Å². The van der Waals surface area contributed by atoms with E-state index in [0.29, 0.717) is 23.3 Å². The molecule has 172 valence electrons. The van der Waals surface area contributed by atoms with Gasteiger partial charge in [-0.3, -0.25) is 0 Å². The molecule has 1 unspecified atom stereocenters. The second kappa shape index (κ2) is 9.18. The maximum Gasteiger partial charge on any atom is 0.416 e. The zero-order valence-electron chi connectivity index (χ0n) is 18.0. The van der Waals surface area contributed by atoms with Crippen molar-refractivity contribution in [2.24, 2.45) is 5.16 Å². The first-order valence-corrected chi connectivity index (χ1v) is 10.1. The van der Waals surface area contributed by atoms with Crippen molar-refractivity contribution in [3.05, 3.63) is 71.0 Å². The number of urea groups is 1. The van der Waals surface area contributed by atoms with Gasteiger partial charge in [0.05, 0.1) is 17.8 Å². The summed E-state index contributed by atoms with van der Waals surface area (Å²) in [4.78, 5) is 19.7. The van der Waals surface area contributed by atoms with E-state index in [2.05, 4.69) is 10.5 Å². The number of oxime groups is 1. The highest BCUT2D eigenvalue weighted by Gasteiger charge is 2.32. The van der Waals surface area contributed by atoms with Gasteiger partial charge in [-0.1, -0.05) is 29.4 Å². The average molecular weight is 451 g/mol. The SMILES string of the molecule is CC(C)(C)NC(=O)N(Cc1cccc(C(F)(F)F)c1)CC1CC(c2cccc(F)c2)=NO1. The van der Waals surface area contributed by atoms with Crippen LogP contribution in [0, 0.1) is 5.82 Å². The van der Waals surface area contributed by atoms with Gasteiger partial charge in [-0.15, -0.1) is 0 Å². The van der Waals surface area contributed by atoms with Gasteiger partial charge < -0.3 is 15.1 Å². The third-order valence-electron chi connectivity index (χ3n) is 4.71. The molecular weight excluding hydrogens is 426 g/mol. The maximum atomic E-state index is 13.5. The molecule has 0 saturated carbocycles. The Morgan fingerprint density at radius 2 is 1.88 bits per heavy atom. The number of nitrogens with one attached hydrogen (secondary N) is 1. The minimum Gasteiger partial charge on any atom is -0.390 e. The molecule has 3 rings (SSSR count). The van der Waals surface area contributed by atoms with E-state index in [0.717, 1.165) is 12.1 Å². The van der Waals surface area contributed by atoms with Gasteiger partial charge in [-0.2, -0.15) is 13.2 Å². The molecule has 0 aromatic heterocycles. The van der Waals surface area contributed by atoms with Crippen molar-refractivity contribution in [3.8, 4) is 0 Å². The molecule has 2 amide bonds. The molecule has 1 atom stereocenters. The zero-order valence-corrected chi connectivity index (χ0v) is 18.0. The molecule has 0 fully saturated rings. The minimum atomic E-state index is -4.48. The fourth-order valence-corrected chi connectivity index (χ4v) is 3.30. The maximum absolute atomic E-state index is 13.5. The van der Waals surface area contributed by atoms with Crippen LogP contribution in [0.2, 0.25) is 0 Å². The number of rotatable bonds is 5. The molecule has 1 aliphatic heterocycles. The summed E-state index contributed by atoms with van der Waals surface area (Å²) in [5.74, 6) is -0.399. The van der Waals surface area contributed by atoms with Gasteiger partial charge >= 0.3 is 12.2 Å². The summed E-state index contributed by atoms with van der Waals surface area (Å²) in [6.45, 7) is 5.49. The number of amides is 2. The van der Waals surface area contributed by atoms with Crippen LogP contribution in [0.4, 0.5) is 22.4 Å².